The normalized spacial score (nSPS) is 23.8. The van der Waals surface area contributed by atoms with E-state index in [4.69, 9.17) is 4.74 Å². The van der Waals surface area contributed by atoms with Gasteiger partial charge >= 0.3 is 0 Å². The van der Waals surface area contributed by atoms with E-state index in [1.807, 2.05) is 83.8 Å². The molecule has 0 aromatic heterocycles. The summed E-state index contributed by atoms with van der Waals surface area (Å²) in [6, 6.07) is 29.7. The minimum Gasteiger partial charge on any atom is -0.497 e. The number of rotatable bonds is 5. The number of hydrogen-bond acceptors (Lipinski definition) is 5. The van der Waals surface area contributed by atoms with Crippen molar-refractivity contribution >= 4 is 34.9 Å². The lowest BCUT2D eigenvalue weighted by Crippen LogP contribution is -2.51. The summed E-state index contributed by atoms with van der Waals surface area (Å²) in [5.74, 6) is -1.12. The van der Waals surface area contributed by atoms with Gasteiger partial charge in [0.05, 0.1) is 19.1 Å². The molecule has 0 bridgehead atoms. The van der Waals surface area contributed by atoms with E-state index in [2.05, 4.69) is 5.32 Å². The number of fused-ring (bicyclic) bond motifs is 6. The molecule has 3 aliphatic rings. The van der Waals surface area contributed by atoms with Crippen molar-refractivity contribution in [1.29, 1.82) is 0 Å². The third kappa shape index (κ3) is 3.26. The molecular weight excluding hydrogens is 500 g/mol. The monoisotopic (exact) mass is 526 g/mol. The molecule has 0 saturated carbocycles. The number of ether oxygens (including phenoxy) is 1. The molecule has 1 amide bonds. The second-order valence-corrected chi connectivity index (χ2v) is 10.4. The fraction of sp³-hybridized carbons (Fsp3) is 0.147. The summed E-state index contributed by atoms with van der Waals surface area (Å²) in [5, 5.41) is 3.06. The Balaban J connectivity index is 1.52. The number of carbonyl (C=O) groups is 3. The summed E-state index contributed by atoms with van der Waals surface area (Å²) in [5.41, 5.74) is 2.75. The van der Waals surface area contributed by atoms with Crippen LogP contribution in [0.5, 0.6) is 5.75 Å². The quantitative estimate of drug-likeness (QED) is 0.345. The number of anilines is 2. The molecule has 3 aliphatic heterocycles. The summed E-state index contributed by atoms with van der Waals surface area (Å²) >= 11 is 0. The van der Waals surface area contributed by atoms with Crippen LogP contribution < -0.4 is 15.0 Å². The minimum absolute atomic E-state index is 0.198. The Morgan fingerprint density at radius 3 is 2.25 bits per heavy atom. The zero-order valence-corrected chi connectivity index (χ0v) is 21.8. The Labute approximate surface area is 231 Å². The fourth-order valence-electron chi connectivity index (χ4n) is 6.83. The lowest BCUT2D eigenvalue weighted by molar-refractivity contribution is -0.121. The van der Waals surface area contributed by atoms with Gasteiger partial charge in [0.25, 0.3) is 0 Å². The van der Waals surface area contributed by atoms with Gasteiger partial charge in [0.15, 0.2) is 11.6 Å². The van der Waals surface area contributed by atoms with Crippen molar-refractivity contribution in [2.45, 2.75) is 17.5 Å². The Bertz CT molecular complexity index is 1690. The maximum absolute atomic E-state index is 14.7. The van der Waals surface area contributed by atoms with Crippen molar-refractivity contribution in [3.63, 3.8) is 0 Å². The second kappa shape index (κ2) is 9.06. The zero-order chi connectivity index (χ0) is 27.4. The number of nitrogens with zero attached hydrogens (tertiary/aromatic N) is 1. The minimum atomic E-state index is -1.33. The summed E-state index contributed by atoms with van der Waals surface area (Å²) in [7, 11) is 1.57. The van der Waals surface area contributed by atoms with Crippen molar-refractivity contribution in [2.75, 3.05) is 17.3 Å². The number of para-hydroxylation sites is 2. The summed E-state index contributed by atoms with van der Waals surface area (Å²) in [6.45, 7) is 0. The SMILES string of the molecule is COc1ccc(C(=O)[C@H]2[C@@H](C(=O)c3ccccc3)N3c4ccccc4C=C[C@@H]3[C@]23C(=O)Nc2ccccc23)cc1. The molecule has 1 N–H and O–H groups in total. The standard InChI is InChI=1S/C34H26N2O4/c1-40-24-18-15-23(16-19-24)31(37)29-30(32(38)22-10-3-2-4-11-22)36-27-14-8-5-9-21(27)17-20-28(36)34(29)25-12-6-7-13-26(25)35-33(34)39/h2-20,28-30H,1H3,(H,35,39)/t28-,29-,30+,34+/m1/s1. The van der Waals surface area contributed by atoms with E-state index in [1.165, 1.54) is 0 Å². The van der Waals surface area contributed by atoms with Crippen molar-refractivity contribution in [3.05, 3.63) is 131 Å². The maximum Gasteiger partial charge on any atom is 0.238 e. The first-order valence-electron chi connectivity index (χ1n) is 13.3. The van der Waals surface area contributed by atoms with Gasteiger partial charge in [0, 0.05) is 22.5 Å². The van der Waals surface area contributed by atoms with Crippen LogP contribution in [0.2, 0.25) is 0 Å². The Kier molecular flexibility index (Phi) is 5.46. The molecule has 1 fully saturated rings. The number of methoxy groups -OCH3 is 1. The molecule has 196 valence electrons. The lowest BCUT2D eigenvalue weighted by Gasteiger charge is -2.37. The molecule has 0 radical (unpaired) electrons. The first-order chi connectivity index (χ1) is 19.6. The number of ketones is 2. The highest BCUT2D eigenvalue weighted by molar-refractivity contribution is 6.18. The summed E-state index contributed by atoms with van der Waals surface area (Å²) < 4.78 is 5.32. The molecule has 4 aromatic rings. The molecule has 6 heteroatoms. The van der Waals surface area contributed by atoms with E-state index in [1.54, 1.807) is 43.5 Å². The van der Waals surface area contributed by atoms with E-state index < -0.39 is 23.4 Å². The third-order valence-corrected chi connectivity index (χ3v) is 8.53. The fourth-order valence-corrected chi connectivity index (χ4v) is 6.83. The van der Waals surface area contributed by atoms with Crippen molar-refractivity contribution in [3.8, 4) is 5.75 Å². The predicted octanol–water partition coefficient (Wildman–Crippen LogP) is 5.55. The van der Waals surface area contributed by atoms with Crippen LogP contribution in [0.3, 0.4) is 0 Å². The molecule has 0 unspecified atom stereocenters. The summed E-state index contributed by atoms with van der Waals surface area (Å²) in [6.07, 6.45) is 3.98. The molecule has 3 heterocycles. The van der Waals surface area contributed by atoms with E-state index in [0.717, 1.165) is 16.8 Å². The van der Waals surface area contributed by atoms with Gasteiger partial charge < -0.3 is 15.0 Å². The highest BCUT2D eigenvalue weighted by Crippen LogP contribution is 2.58. The first-order valence-corrected chi connectivity index (χ1v) is 13.3. The molecule has 4 atom stereocenters. The van der Waals surface area contributed by atoms with E-state index >= 15 is 0 Å². The van der Waals surface area contributed by atoms with Crippen LogP contribution in [-0.4, -0.2) is 36.7 Å². The maximum atomic E-state index is 14.7. The van der Waals surface area contributed by atoms with Crippen LogP contribution in [0.25, 0.3) is 6.08 Å². The van der Waals surface area contributed by atoms with Crippen LogP contribution in [0.4, 0.5) is 11.4 Å². The molecule has 1 spiro atoms. The average molecular weight is 527 g/mol. The van der Waals surface area contributed by atoms with Gasteiger partial charge in [-0.2, -0.15) is 0 Å². The van der Waals surface area contributed by atoms with Gasteiger partial charge in [-0.05, 0) is 47.5 Å². The average Bonchev–Trinajstić information content (AvgIpc) is 3.49. The van der Waals surface area contributed by atoms with Crippen molar-refractivity contribution in [2.24, 2.45) is 5.92 Å². The summed E-state index contributed by atoms with van der Waals surface area (Å²) in [4.78, 5) is 45.6. The Hall–Kier alpha value is -4.97. The van der Waals surface area contributed by atoms with Gasteiger partial charge in [-0.25, -0.2) is 0 Å². The smallest absolute Gasteiger partial charge is 0.238 e. The van der Waals surface area contributed by atoms with Gasteiger partial charge in [0.1, 0.15) is 17.2 Å². The number of nitrogens with one attached hydrogen (secondary N) is 1. The number of amides is 1. The molecule has 1 saturated heterocycles. The highest BCUT2D eigenvalue weighted by atomic mass is 16.5. The van der Waals surface area contributed by atoms with Crippen LogP contribution in [-0.2, 0) is 10.2 Å². The van der Waals surface area contributed by atoms with Crippen molar-refractivity contribution in [1.82, 2.24) is 0 Å². The van der Waals surface area contributed by atoms with Crippen LogP contribution in [0, 0.1) is 5.92 Å². The van der Waals surface area contributed by atoms with Gasteiger partial charge in [-0.1, -0.05) is 78.9 Å². The van der Waals surface area contributed by atoms with E-state index in [-0.39, 0.29) is 17.5 Å². The lowest BCUT2D eigenvalue weighted by atomic mass is 9.64. The number of benzene rings is 4. The molecule has 40 heavy (non-hydrogen) atoms. The largest absolute Gasteiger partial charge is 0.497 e. The van der Waals surface area contributed by atoms with E-state index in [0.29, 0.717) is 22.6 Å². The molecule has 4 aromatic carbocycles. The van der Waals surface area contributed by atoms with Gasteiger partial charge in [0.2, 0.25) is 5.91 Å². The van der Waals surface area contributed by atoms with Crippen molar-refractivity contribution < 1.29 is 19.1 Å². The first kappa shape index (κ1) is 24.1. The number of hydrogen-bond donors (Lipinski definition) is 1. The third-order valence-electron chi connectivity index (χ3n) is 8.53. The second-order valence-electron chi connectivity index (χ2n) is 10.4. The highest BCUT2D eigenvalue weighted by Gasteiger charge is 2.70. The number of Topliss-reactive ketones (excluding diaryl/α,β-unsaturated/α-hetero) is 2. The van der Waals surface area contributed by atoms with Gasteiger partial charge in [-0.3, -0.25) is 14.4 Å². The Morgan fingerprint density at radius 2 is 1.48 bits per heavy atom. The topological polar surface area (TPSA) is 75.7 Å². The zero-order valence-electron chi connectivity index (χ0n) is 21.8. The molecule has 7 rings (SSSR count). The van der Waals surface area contributed by atoms with Crippen LogP contribution in [0.15, 0.2) is 109 Å². The van der Waals surface area contributed by atoms with E-state index in [9.17, 15) is 14.4 Å². The number of carbonyl (C=O) groups excluding carboxylic acids is 3. The molecule has 6 nitrogen and oxygen atoms in total. The molecule has 0 aliphatic carbocycles. The van der Waals surface area contributed by atoms with Crippen LogP contribution >= 0.6 is 0 Å². The van der Waals surface area contributed by atoms with Crippen LogP contribution in [0.1, 0.15) is 31.8 Å². The Morgan fingerprint density at radius 1 is 0.800 bits per heavy atom. The molecular formula is C34H26N2O4. The predicted molar refractivity (Wildman–Crippen MR) is 154 cm³/mol. The van der Waals surface area contributed by atoms with Gasteiger partial charge in [-0.15, -0.1) is 0 Å².